The van der Waals surface area contributed by atoms with Crippen LogP contribution in [0.3, 0.4) is 0 Å². The van der Waals surface area contributed by atoms with E-state index in [1.54, 1.807) is 0 Å². The van der Waals surface area contributed by atoms with Crippen molar-refractivity contribution in [3.63, 3.8) is 0 Å². The summed E-state index contributed by atoms with van der Waals surface area (Å²) in [6, 6.07) is 0. The molecule has 0 bridgehead atoms. The van der Waals surface area contributed by atoms with Gasteiger partial charge in [-0.3, -0.25) is 4.79 Å². The van der Waals surface area contributed by atoms with Crippen LogP contribution < -0.4 is 11.1 Å². The first-order valence-electron chi connectivity index (χ1n) is 3.81. The Kier molecular flexibility index (Phi) is 3.87. The summed E-state index contributed by atoms with van der Waals surface area (Å²) in [6.45, 7) is -0.0650. The lowest BCUT2D eigenvalue weighted by Crippen LogP contribution is -2.21. The number of anilines is 1. The van der Waals surface area contributed by atoms with Gasteiger partial charge in [0.1, 0.15) is 0 Å². The third-order valence-electron chi connectivity index (χ3n) is 1.37. The van der Waals surface area contributed by atoms with Crippen molar-refractivity contribution in [2.45, 2.75) is 0 Å². The number of nitrogens with two attached hydrogens (primary N) is 1. The number of esters is 1. The minimum atomic E-state index is -0.565. The maximum Gasteiger partial charge on any atom is 0.351 e. The van der Waals surface area contributed by atoms with Crippen LogP contribution in [0.15, 0.2) is 0 Å². The van der Waals surface area contributed by atoms with E-state index in [0.29, 0.717) is 5.13 Å². The van der Waals surface area contributed by atoms with Gasteiger partial charge < -0.3 is 15.8 Å². The molecule has 1 rings (SSSR count). The fourth-order valence-electron chi connectivity index (χ4n) is 0.758. The van der Waals surface area contributed by atoms with Gasteiger partial charge in [0.2, 0.25) is 5.91 Å². The number of hydrogen-bond donors (Lipinski definition) is 2. The first kappa shape index (κ1) is 11.7. The average Bonchev–Trinajstić information content (AvgIpc) is 2.55. The topological polar surface area (TPSA) is 94.3 Å². The maximum absolute atomic E-state index is 11.1. The highest BCUT2D eigenvalue weighted by Crippen LogP contribution is 2.27. The molecule has 6 nitrogen and oxygen atoms in total. The SMILES string of the molecule is COC(=O)c1sc(NCC(N)=O)nc1Cl. The van der Waals surface area contributed by atoms with Crippen LogP contribution >= 0.6 is 22.9 Å². The summed E-state index contributed by atoms with van der Waals surface area (Å²) in [4.78, 5) is 25.6. The summed E-state index contributed by atoms with van der Waals surface area (Å²) in [5, 5.41) is 3.01. The Balaban J connectivity index is 2.76. The predicted molar refractivity (Wildman–Crippen MR) is 56.1 cm³/mol. The molecule has 0 aromatic carbocycles. The predicted octanol–water partition coefficient (Wildman–Crippen LogP) is 0.480. The van der Waals surface area contributed by atoms with Crippen molar-refractivity contribution in [3.05, 3.63) is 10.0 Å². The van der Waals surface area contributed by atoms with E-state index in [0.717, 1.165) is 11.3 Å². The van der Waals surface area contributed by atoms with Crippen LogP contribution in [0.2, 0.25) is 5.15 Å². The van der Waals surface area contributed by atoms with Gasteiger partial charge in [0.15, 0.2) is 15.2 Å². The lowest BCUT2D eigenvalue weighted by molar-refractivity contribution is -0.116. The molecule has 0 atom stereocenters. The quantitative estimate of drug-likeness (QED) is 0.757. The zero-order valence-electron chi connectivity index (χ0n) is 7.74. The molecule has 0 unspecified atom stereocenters. The summed E-state index contributed by atoms with van der Waals surface area (Å²) in [5.74, 6) is -1.09. The van der Waals surface area contributed by atoms with Crippen LogP contribution in [0, 0.1) is 0 Å². The fourth-order valence-corrected chi connectivity index (χ4v) is 1.86. The number of rotatable bonds is 4. The number of carbonyl (C=O) groups is 2. The first-order valence-corrected chi connectivity index (χ1v) is 5.01. The van der Waals surface area contributed by atoms with Gasteiger partial charge in [0, 0.05) is 0 Å². The van der Waals surface area contributed by atoms with Gasteiger partial charge in [0.05, 0.1) is 13.7 Å². The molecule has 0 spiro atoms. The number of hydrogen-bond acceptors (Lipinski definition) is 6. The molecule has 3 N–H and O–H groups in total. The Morgan fingerprint density at radius 2 is 2.33 bits per heavy atom. The number of halogens is 1. The minimum absolute atomic E-state index is 0.0406. The van der Waals surface area contributed by atoms with Crippen molar-refractivity contribution in [2.24, 2.45) is 5.73 Å². The molecule has 1 heterocycles. The molecule has 1 aromatic rings. The third-order valence-corrected chi connectivity index (χ3v) is 2.75. The van der Waals surface area contributed by atoms with Crippen molar-refractivity contribution < 1.29 is 14.3 Å². The summed E-state index contributed by atoms with van der Waals surface area (Å²) in [5.41, 5.74) is 4.92. The van der Waals surface area contributed by atoms with Crippen LogP contribution in [0.4, 0.5) is 5.13 Å². The Morgan fingerprint density at radius 1 is 1.67 bits per heavy atom. The summed E-state index contributed by atoms with van der Waals surface area (Å²) < 4.78 is 4.48. The fraction of sp³-hybridized carbons (Fsp3) is 0.286. The highest BCUT2D eigenvalue weighted by molar-refractivity contribution is 7.18. The molecule has 1 amide bonds. The number of aromatic nitrogens is 1. The molecule has 1 aromatic heterocycles. The lowest BCUT2D eigenvalue weighted by Gasteiger charge is -1.95. The monoisotopic (exact) mass is 249 g/mol. The zero-order valence-corrected chi connectivity index (χ0v) is 9.32. The van der Waals surface area contributed by atoms with Crippen molar-refractivity contribution in [3.8, 4) is 0 Å². The van der Waals surface area contributed by atoms with Crippen molar-refractivity contribution in [2.75, 3.05) is 19.0 Å². The Bertz CT molecular complexity index is 393. The number of nitrogens with one attached hydrogen (secondary N) is 1. The van der Waals surface area contributed by atoms with Gasteiger partial charge in [-0.1, -0.05) is 22.9 Å². The van der Waals surface area contributed by atoms with Crippen LogP contribution in [0.1, 0.15) is 9.67 Å². The Labute approximate surface area is 94.4 Å². The van der Waals surface area contributed by atoms with E-state index >= 15 is 0 Å². The van der Waals surface area contributed by atoms with E-state index in [-0.39, 0.29) is 16.6 Å². The second-order valence-corrected chi connectivity index (χ2v) is 3.81. The van der Waals surface area contributed by atoms with E-state index < -0.39 is 11.9 Å². The van der Waals surface area contributed by atoms with Crippen molar-refractivity contribution >= 4 is 39.9 Å². The number of nitrogens with zero attached hydrogens (tertiary/aromatic N) is 1. The van der Waals surface area contributed by atoms with Gasteiger partial charge in [0.25, 0.3) is 0 Å². The normalized spacial score (nSPS) is 9.73. The Morgan fingerprint density at radius 3 is 2.87 bits per heavy atom. The number of amides is 1. The second kappa shape index (κ2) is 4.94. The molecule has 8 heteroatoms. The van der Waals surface area contributed by atoms with Gasteiger partial charge in [-0.2, -0.15) is 0 Å². The first-order chi connectivity index (χ1) is 7.04. The minimum Gasteiger partial charge on any atom is -0.465 e. The number of thiazole rings is 1. The second-order valence-electron chi connectivity index (χ2n) is 2.45. The molecule has 0 aliphatic carbocycles. The summed E-state index contributed by atoms with van der Waals surface area (Å²) in [7, 11) is 1.24. The number of primary amides is 1. The molecule has 0 fully saturated rings. The molecule has 0 saturated carbocycles. The molecule has 0 aliphatic heterocycles. The number of methoxy groups -OCH3 is 1. The van der Waals surface area contributed by atoms with Gasteiger partial charge in [-0.05, 0) is 0 Å². The van der Waals surface area contributed by atoms with Gasteiger partial charge in [-0.15, -0.1) is 0 Å². The number of ether oxygens (including phenoxy) is 1. The molecule has 82 valence electrons. The van der Waals surface area contributed by atoms with E-state index in [1.165, 1.54) is 7.11 Å². The van der Waals surface area contributed by atoms with Crippen LogP contribution in [-0.4, -0.2) is 30.5 Å². The van der Waals surface area contributed by atoms with Gasteiger partial charge in [-0.25, -0.2) is 9.78 Å². The lowest BCUT2D eigenvalue weighted by atomic mass is 10.6. The van der Waals surface area contributed by atoms with Crippen LogP contribution in [-0.2, 0) is 9.53 Å². The summed E-state index contributed by atoms with van der Waals surface area (Å²) >= 11 is 6.67. The van der Waals surface area contributed by atoms with E-state index in [9.17, 15) is 9.59 Å². The van der Waals surface area contributed by atoms with E-state index in [4.69, 9.17) is 17.3 Å². The highest BCUT2D eigenvalue weighted by atomic mass is 35.5. The van der Waals surface area contributed by atoms with Gasteiger partial charge >= 0.3 is 5.97 Å². The van der Waals surface area contributed by atoms with E-state index in [2.05, 4.69) is 15.0 Å². The van der Waals surface area contributed by atoms with Crippen molar-refractivity contribution in [1.29, 1.82) is 0 Å². The molecule has 0 aliphatic rings. The third kappa shape index (κ3) is 3.07. The van der Waals surface area contributed by atoms with Crippen LogP contribution in [0.5, 0.6) is 0 Å². The molecule has 15 heavy (non-hydrogen) atoms. The Hall–Kier alpha value is -1.34. The van der Waals surface area contributed by atoms with Crippen LogP contribution in [0.25, 0.3) is 0 Å². The standard InChI is InChI=1S/C7H8ClN3O3S/c1-14-6(13)4-5(8)11-7(15-4)10-2-3(9)12/h2H2,1H3,(H2,9,12)(H,10,11). The molecular weight excluding hydrogens is 242 g/mol. The van der Waals surface area contributed by atoms with Crippen molar-refractivity contribution in [1.82, 2.24) is 4.98 Å². The smallest absolute Gasteiger partial charge is 0.351 e. The summed E-state index contributed by atoms with van der Waals surface area (Å²) in [6.07, 6.45) is 0. The van der Waals surface area contributed by atoms with E-state index in [1.807, 2.05) is 0 Å². The zero-order chi connectivity index (χ0) is 11.4. The molecule has 0 saturated heterocycles. The average molecular weight is 250 g/mol. The maximum atomic E-state index is 11.1. The molecule has 0 radical (unpaired) electrons. The highest BCUT2D eigenvalue weighted by Gasteiger charge is 2.17. The largest absolute Gasteiger partial charge is 0.465 e. The molecular formula is C7H8ClN3O3S. The number of carbonyl (C=O) groups excluding carboxylic acids is 2.